The number of benzene rings is 2. The van der Waals surface area contributed by atoms with E-state index in [4.69, 9.17) is 0 Å². The summed E-state index contributed by atoms with van der Waals surface area (Å²) in [6, 6.07) is 16.4. The first-order valence-electron chi connectivity index (χ1n) is 10.6. The van der Waals surface area contributed by atoms with E-state index in [0.29, 0.717) is 5.92 Å². The van der Waals surface area contributed by atoms with Gasteiger partial charge >= 0.3 is 0 Å². The Bertz CT molecular complexity index is 779. The normalized spacial score (nSPS) is 20.3. The topological polar surface area (TPSA) is 35.6 Å². The molecule has 2 aliphatic heterocycles. The van der Waals surface area contributed by atoms with Crippen molar-refractivity contribution in [1.29, 1.82) is 0 Å². The van der Waals surface area contributed by atoms with E-state index in [0.717, 1.165) is 42.9 Å². The summed E-state index contributed by atoms with van der Waals surface area (Å²) in [7, 11) is 1.92. The van der Waals surface area contributed by atoms with E-state index in [-0.39, 0.29) is 5.91 Å². The van der Waals surface area contributed by atoms with Gasteiger partial charge in [-0.15, -0.1) is 0 Å². The molecule has 0 spiro atoms. The summed E-state index contributed by atoms with van der Waals surface area (Å²) in [5.74, 6) is 0.809. The molecule has 2 saturated heterocycles. The van der Waals surface area contributed by atoms with Crippen LogP contribution in [0.15, 0.2) is 48.5 Å². The van der Waals surface area contributed by atoms with Gasteiger partial charge < -0.3 is 15.1 Å². The lowest BCUT2D eigenvalue weighted by Crippen LogP contribution is -2.43. The van der Waals surface area contributed by atoms with Crippen LogP contribution in [0.4, 0.5) is 5.69 Å². The molecule has 0 radical (unpaired) electrons. The Hall–Kier alpha value is -2.33. The summed E-state index contributed by atoms with van der Waals surface area (Å²) in [6.07, 6.45) is 5.04. The van der Waals surface area contributed by atoms with Crippen LogP contribution in [-0.4, -0.2) is 55.5 Å². The lowest BCUT2D eigenvalue weighted by molar-refractivity contribution is 0.0648. The summed E-state index contributed by atoms with van der Waals surface area (Å²) < 4.78 is 0. The SMILES string of the molecule is CNc1ccc(-c2ccc(C(=O)N3CCCC(CN4CCCC4)C3)cc2)cc1. The molecule has 4 rings (SSSR count). The minimum Gasteiger partial charge on any atom is -0.388 e. The molecule has 2 aromatic rings. The quantitative estimate of drug-likeness (QED) is 0.842. The molecule has 2 fully saturated rings. The predicted octanol–water partition coefficient (Wildman–Crippen LogP) is 4.34. The summed E-state index contributed by atoms with van der Waals surface area (Å²) in [6.45, 7) is 5.43. The second-order valence-corrected chi connectivity index (χ2v) is 8.17. The van der Waals surface area contributed by atoms with E-state index in [1.54, 1.807) is 0 Å². The van der Waals surface area contributed by atoms with E-state index >= 15 is 0 Å². The van der Waals surface area contributed by atoms with Gasteiger partial charge in [-0.1, -0.05) is 24.3 Å². The predicted molar refractivity (Wildman–Crippen MR) is 116 cm³/mol. The van der Waals surface area contributed by atoms with Gasteiger partial charge in [-0.2, -0.15) is 0 Å². The van der Waals surface area contributed by atoms with Crippen molar-refractivity contribution < 1.29 is 4.79 Å². The maximum atomic E-state index is 13.0. The fourth-order valence-corrected chi connectivity index (χ4v) is 4.55. The van der Waals surface area contributed by atoms with E-state index in [2.05, 4.69) is 51.5 Å². The minimum absolute atomic E-state index is 0.184. The molecule has 2 aromatic carbocycles. The molecule has 2 heterocycles. The highest BCUT2D eigenvalue weighted by Gasteiger charge is 2.26. The van der Waals surface area contributed by atoms with Crippen molar-refractivity contribution in [2.75, 3.05) is 45.1 Å². The Balaban J connectivity index is 1.39. The third kappa shape index (κ3) is 4.39. The number of hydrogen-bond donors (Lipinski definition) is 1. The molecule has 1 atom stereocenters. The zero-order valence-corrected chi connectivity index (χ0v) is 16.9. The third-order valence-corrected chi connectivity index (χ3v) is 6.16. The molecule has 4 heteroatoms. The molecule has 148 valence electrons. The minimum atomic E-state index is 0.184. The van der Waals surface area contributed by atoms with Gasteiger partial charge in [0.05, 0.1) is 0 Å². The van der Waals surface area contributed by atoms with Gasteiger partial charge in [-0.25, -0.2) is 0 Å². The second-order valence-electron chi connectivity index (χ2n) is 8.17. The molecule has 1 unspecified atom stereocenters. The number of rotatable bonds is 5. The highest BCUT2D eigenvalue weighted by atomic mass is 16.2. The molecular weight excluding hydrogens is 346 g/mol. The van der Waals surface area contributed by atoms with Gasteiger partial charge in [-0.3, -0.25) is 4.79 Å². The van der Waals surface area contributed by atoms with Crippen molar-refractivity contribution in [2.45, 2.75) is 25.7 Å². The lowest BCUT2D eigenvalue weighted by Gasteiger charge is -2.34. The fourth-order valence-electron chi connectivity index (χ4n) is 4.55. The number of piperidine rings is 1. The highest BCUT2D eigenvalue weighted by Crippen LogP contribution is 2.24. The average Bonchev–Trinajstić information content (AvgIpc) is 3.27. The Morgan fingerprint density at radius 3 is 2.21 bits per heavy atom. The highest BCUT2D eigenvalue weighted by molar-refractivity contribution is 5.94. The molecule has 1 amide bonds. The van der Waals surface area contributed by atoms with Crippen LogP contribution in [0.5, 0.6) is 0 Å². The standard InChI is InChI=1S/C24H31N3O/c1-25-23-12-10-21(11-13-23)20-6-8-22(9-7-20)24(28)27-16-4-5-19(18-27)17-26-14-2-3-15-26/h6-13,19,25H,2-5,14-18H2,1H3. The van der Waals surface area contributed by atoms with Gasteiger partial charge in [0.25, 0.3) is 5.91 Å². The van der Waals surface area contributed by atoms with Gasteiger partial charge in [0.2, 0.25) is 0 Å². The average molecular weight is 378 g/mol. The number of nitrogens with one attached hydrogen (secondary N) is 1. The van der Waals surface area contributed by atoms with Crippen molar-refractivity contribution in [3.05, 3.63) is 54.1 Å². The molecule has 4 nitrogen and oxygen atoms in total. The number of anilines is 1. The monoisotopic (exact) mass is 377 g/mol. The van der Waals surface area contributed by atoms with Crippen LogP contribution < -0.4 is 5.32 Å². The molecular formula is C24H31N3O. The van der Waals surface area contributed by atoms with Crippen LogP contribution in [0.1, 0.15) is 36.0 Å². The maximum absolute atomic E-state index is 13.0. The number of nitrogens with zero attached hydrogens (tertiary/aromatic N) is 2. The zero-order valence-electron chi connectivity index (χ0n) is 16.9. The molecule has 1 N–H and O–H groups in total. The van der Waals surface area contributed by atoms with Crippen LogP contribution in [0.25, 0.3) is 11.1 Å². The zero-order chi connectivity index (χ0) is 19.3. The fraction of sp³-hybridized carbons (Fsp3) is 0.458. The molecule has 2 aliphatic rings. The van der Waals surface area contributed by atoms with Crippen LogP contribution in [0.3, 0.4) is 0 Å². The summed E-state index contributed by atoms with van der Waals surface area (Å²) in [5, 5.41) is 3.14. The van der Waals surface area contributed by atoms with Crippen molar-refractivity contribution in [3.63, 3.8) is 0 Å². The van der Waals surface area contributed by atoms with Crippen LogP contribution in [0.2, 0.25) is 0 Å². The molecule has 0 saturated carbocycles. The number of hydrogen-bond acceptors (Lipinski definition) is 3. The van der Waals surface area contributed by atoms with E-state index in [9.17, 15) is 4.79 Å². The first-order chi connectivity index (χ1) is 13.7. The first kappa shape index (κ1) is 19.0. The lowest BCUT2D eigenvalue weighted by atomic mass is 9.96. The third-order valence-electron chi connectivity index (χ3n) is 6.16. The molecule has 0 aliphatic carbocycles. The van der Waals surface area contributed by atoms with Gasteiger partial charge in [0, 0.05) is 37.9 Å². The number of likely N-dealkylation sites (tertiary alicyclic amines) is 2. The van der Waals surface area contributed by atoms with Crippen molar-refractivity contribution >= 4 is 11.6 Å². The van der Waals surface area contributed by atoms with Crippen LogP contribution in [-0.2, 0) is 0 Å². The van der Waals surface area contributed by atoms with Crippen molar-refractivity contribution in [1.82, 2.24) is 9.80 Å². The summed E-state index contributed by atoms with van der Waals surface area (Å²) in [5.41, 5.74) is 4.22. The van der Waals surface area contributed by atoms with Crippen LogP contribution >= 0.6 is 0 Å². The smallest absolute Gasteiger partial charge is 0.253 e. The van der Waals surface area contributed by atoms with E-state index in [1.165, 1.54) is 37.9 Å². The Kier molecular flexibility index (Phi) is 5.96. The number of amides is 1. The molecule has 0 bridgehead atoms. The molecule has 28 heavy (non-hydrogen) atoms. The Labute approximate surface area is 168 Å². The number of carbonyl (C=O) groups is 1. The van der Waals surface area contributed by atoms with E-state index < -0.39 is 0 Å². The maximum Gasteiger partial charge on any atom is 0.253 e. The number of carbonyl (C=O) groups excluding carboxylic acids is 1. The van der Waals surface area contributed by atoms with Gasteiger partial charge in [-0.05, 0) is 80.1 Å². The van der Waals surface area contributed by atoms with Gasteiger partial charge in [0.15, 0.2) is 0 Å². The van der Waals surface area contributed by atoms with Crippen LogP contribution in [0, 0.1) is 5.92 Å². The summed E-state index contributed by atoms with van der Waals surface area (Å²) in [4.78, 5) is 17.7. The molecule has 0 aromatic heterocycles. The second kappa shape index (κ2) is 8.78. The van der Waals surface area contributed by atoms with Crippen molar-refractivity contribution in [3.8, 4) is 11.1 Å². The first-order valence-corrected chi connectivity index (χ1v) is 10.6. The largest absolute Gasteiger partial charge is 0.388 e. The van der Waals surface area contributed by atoms with Crippen molar-refractivity contribution in [2.24, 2.45) is 5.92 Å². The van der Waals surface area contributed by atoms with Gasteiger partial charge in [0.1, 0.15) is 0 Å². The Morgan fingerprint density at radius 2 is 1.57 bits per heavy atom. The Morgan fingerprint density at radius 1 is 0.929 bits per heavy atom. The van der Waals surface area contributed by atoms with E-state index in [1.807, 2.05) is 19.2 Å². The summed E-state index contributed by atoms with van der Waals surface area (Å²) >= 11 is 0.